The summed E-state index contributed by atoms with van der Waals surface area (Å²) in [6.07, 6.45) is 0. The van der Waals surface area contributed by atoms with E-state index in [0.717, 1.165) is 50.1 Å². The lowest BCUT2D eigenvalue weighted by Crippen LogP contribution is -2.07. The van der Waals surface area contributed by atoms with E-state index in [2.05, 4.69) is 92.5 Å². The number of carbonyl (C=O) groups is 3. The molecule has 0 saturated carbocycles. The number of ether oxygens (including phenoxy) is 3. The Balaban J connectivity index is 1.28. The summed E-state index contributed by atoms with van der Waals surface area (Å²) in [6, 6.07) is 47.7. The van der Waals surface area contributed by atoms with Crippen LogP contribution in [0.2, 0.25) is 0 Å². The second-order valence-corrected chi connectivity index (χ2v) is 13.4. The minimum absolute atomic E-state index is 0.0751. The van der Waals surface area contributed by atoms with Gasteiger partial charge in [-0.3, -0.25) is 0 Å². The van der Waals surface area contributed by atoms with Gasteiger partial charge in [-0.2, -0.15) is 0 Å². The monoisotopic (exact) mass is 724 g/mol. The number of hydrogen-bond acceptors (Lipinski definition) is 6. The Labute approximate surface area is 321 Å². The van der Waals surface area contributed by atoms with Crippen LogP contribution in [0.15, 0.2) is 182 Å². The van der Waals surface area contributed by atoms with Crippen LogP contribution in [0, 0.1) is 0 Å². The minimum atomic E-state index is -0.455. The summed E-state index contributed by atoms with van der Waals surface area (Å²) in [4.78, 5) is 35.9. The van der Waals surface area contributed by atoms with Crippen LogP contribution in [0.4, 0.5) is 0 Å². The van der Waals surface area contributed by atoms with Crippen molar-refractivity contribution in [1.82, 2.24) is 0 Å². The molecular weight excluding hydrogens is 685 g/mol. The Morgan fingerprint density at radius 2 is 0.527 bits per heavy atom. The van der Waals surface area contributed by atoms with Gasteiger partial charge < -0.3 is 14.2 Å². The standard InChI is InChI=1S/C49H40O6/c1-31(2)47(50)53-43-25-19-37(20-26-43)34-7-13-40(14-8-34)46(41-15-9-35(10-16-41)38-21-27-44(28-22-38)54-48(51)32(3)4)42-17-11-36(12-18-42)39-23-29-45(30-24-39)55-49(52)33(5)6/h7-30,46H,1,3,5H2,2,4,6H3. The second kappa shape index (κ2) is 16.7. The average molecular weight is 725 g/mol. The normalized spacial score (nSPS) is 10.7. The summed E-state index contributed by atoms with van der Waals surface area (Å²) < 4.78 is 16.1. The number of carbonyl (C=O) groups excluding carboxylic acids is 3. The third-order valence-corrected chi connectivity index (χ3v) is 8.97. The molecule has 6 heteroatoms. The molecule has 0 saturated heterocycles. The van der Waals surface area contributed by atoms with Gasteiger partial charge in [0.05, 0.1) is 0 Å². The van der Waals surface area contributed by atoms with Gasteiger partial charge in [-0.25, -0.2) is 14.4 Å². The molecule has 0 spiro atoms. The van der Waals surface area contributed by atoms with Gasteiger partial charge in [0.25, 0.3) is 0 Å². The topological polar surface area (TPSA) is 78.9 Å². The van der Waals surface area contributed by atoms with E-state index in [1.54, 1.807) is 57.2 Å². The maximum Gasteiger partial charge on any atom is 0.338 e. The molecule has 272 valence electrons. The molecular formula is C49H40O6. The van der Waals surface area contributed by atoms with Gasteiger partial charge in [0.2, 0.25) is 0 Å². The number of rotatable bonds is 12. The van der Waals surface area contributed by atoms with E-state index in [9.17, 15) is 14.4 Å². The van der Waals surface area contributed by atoms with Gasteiger partial charge in [0.1, 0.15) is 17.2 Å². The van der Waals surface area contributed by atoms with Crippen molar-refractivity contribution in [2.24, 2.45) is 0 Å². The molecule has 0 radical (unpaired) electrons. The van der Waals surface area contributed by atoms with Gasteiger partial charge in [0.15, 0.2) is 0 Å². The quantitative estimate of drug-likeness (QED) is 0.0541. The maximum atomic E-state index is 12.0. The Kier molecular flexibility index (Phi) is 11.5. The number of esters is 3. The molecule has 0 heterocycles. The van der Waals surface area contributed by atoms with Crippen molar-refractivity contribution < 1.29 is 28.6 Å². The summed E-state index contributed by atoms with van der Waals surface area (Å²) in [5.74, 6) is -0.0532. The summed E-state index contributed by atoms with van der Waals surface area (Å²) in [6.45, 7) is 15.8. The molecule has 6 aromatic rings. The predicted octanol–water partition coefficient (Wildman–Crippen LogP) is 11.3. The van der Waals surface area contributed by atoms with Crippen LogP contribution in [0.1, 0.15) is 43.4 Å². The van der Waals surface area contributed by atoms with E-state index in [1.165, 1.54) is 0 Å². The van der Waals surface area contributed by atoms with Crippen LogP contribution in [-0.4, -0.2) is 17.9 Å². The Morgan fingerprint density at radius 1 is 0.345 bits per heavy atom. The molecule has 0 aliphatic rings. The maximum absolute atomic E-state index is 12.0. The molecule has 0 aromatic heterocycles. The van der Waals surface area contributed by atoms with E-state index >= 15 is 0 Å². The first-order valence-electron chi connectivity index (χ1n) is 17.7. The van der Waals surface area contributed by atoms with Gasteiger partial charge in [-0.1, -0.05) is 129 Å². The molecule has 6 nitrogen and oxygen atoms in total. The summed E-state index contributed by atoms with van der Waals surface area (Å²) in [5, 5.41) is 0. The molecule has 6 rings (SSSR count). The first kappa shape index (κ1) is 37.7. The minimum Gasteiger partial charge on any atom is -0.423 e. The van der Waals surface area contributed by atoms with Crippen molar-refractivity contribution in [3.8, 4) is 50.6 Å². The fourth-order valence-electron chi connectivity index (χ4n) is 5.91. The molecule has 0 unspecified atom stereocenters. The highest BCUT2D eigenvalue weighted by Gasteiger charge is 2.18. The van der Waals surface area contributed by atoms with E-state index in [-0.39, 0.29) is 5.92 Å². The number of benzene rings is 6. The molecule has 0 aliphatic heterocycles. The zero-order valence-electron chi connectivity index (χ0n) is 31.0. The van der Waals surface area contributed by atoms with E-state index in [1.807, 2.05) is 36.4 Å². The van der Waals surface area contributed by atoms with Crippen LogP contribution in [-0.2, 0) is 14.4 Å². The van der Waals surface area contributed by atoms with Crippen molar-refractivity contribution >= 4 is 17.9 Å². The predicted molar refractivity (Wildman–Crippen MR) is 218 cm³/mol. The van der Waals surface area contributed by atoms with Crippen LogP contribution in [0.3, 0.4) is 0 Å². The van der Waals surface area contributed by atoms with Crippen LogP contribution in [0.25, 0.3) is 33.4 Å². The fraction of sp³-hybridized carbons (Fsp3) is 0.0816. The van der Waals surface area contributed by atoms with Crippen molar-refractivity contribution in [3.63, 3.8) is 0 Å². The molecule has 0 aliphatic carbocycles. The van der Waals surface area contributed by atoms with Gasteiger partial charge >= 0.3 is 17.9 Å². The van der Waals surface area contributed by atoms with Gasteiger partial charge in [-0.15, -0.1) is 0 Å². The summed E-state index contributed by atoms with van der Waals surface area (Å²) in [5.41, 5.74) is 10.4. The van der Waals surface area contributed by atoms with E-state index in [0.29, 0.717) is 34.0 Å². The van der Waals surface area contributed by atoms with Gasteiger partial charge in [0, 0.05) is 22.6 Å². The summed E-state index contributed by atoms with van der Waals surface area (Å²) >= 11 is 0. The zero-order valence-corrected chi connectivity index (χ0v) is 31.0. The number of hydrogen-bond donors (Lipinski definition) is 0. The lowest BCUT2D eigenvalue weighted by atomic mass is 9.83. The first-order chi connectivity index (χ1) is 26.4. The van der Waals surface area contributed by atoms with Crippen molar-refractivity contribution in [3.05, 3.63) is 199 Å². The van der Waals surface area contributed by atoms with E-state index < -0.39 is 17.9 Å². The largest absolute Gasteiger partial charge is 0.423 e. The zero-order chi connectivity index (χ0) is 39.1. The molecule has 55 heavy (non-hydrogen) atoms. The molecule has 0 fully saturated rings. The van der Waals surface area contributed by atoms with E-state index in [4.69, 9.17) is 14.2 Å². The van der Waals surface area contributed by atoms with Crippen molar-refractivity contribution in [1.29, 1.82) is 0 Å². The Hall–Kier alpha value is -7.05. The van der Waals surface area contributed by atoms with Crippen LogP contribution in [0.5, 0.6) is 17.2 Å². The van der Waals surface area contributed by atoms with Crippen molar-refractivity contribution in [2.75, 3.05) is 0 Å². The Bertz CT molecular complexity index is 2090. The highest BCUT2D eigenvalue weighted by molar-refractivity contribution is 5.90. The lowest BCUT2D eigenvalue weighted by Gasteiger charge is -2.20. The van der Waals surface area contributed by atoms with Gasteiger partial charge in [-0.05, 0) is 107 Å². The average Bonchev–Trinajstić information content (AvgIpc) is 3.19. The fourth-order valence-corrected chi connectivity index (χ4v) is 5.91. The summed E-state index contributed by atoms with van der Waals surface area (Å²) in [7, 11) is 0. The molecule has 0 N–H and O–H groups in total. The molecule has 0 bridgehead atoms. The highest BCUT2D eigenvalue weighted by atomic mass is 16.5. The second-order valence-electron chi connectivity index (χ2n) is 13.4. The highest BCUT2D eigenvalue weighted by Crippen LogP contribution is 2.36. The third-order valence-electron chi connectivity index (χ3n) is 8.97. The Morgan fingerprint density at radius 3 is 0.709 bits per heavy atom. The van der Waals surface area contributed by atoms with Crippen LogP contribution >= 0.6 is 0 Å². The van der Waals surface area contributed by atoms with Crippen LogP contribution < -0.4 is 14.2 Å². The first-order valence-corrected chi connectivity index (χ1v) is 17.7. The lowest BCUT2D eigenvalue weighted by molar-refractivity contribution is -0.130. The smallest absolute Gasteiger partial charge is 0.338 e. The molecule has 6 aromatic carbocycles. The van der Waals surface area contributed by atoms with Crippen molar-refractivity contribution in [2.45, 2.75) is 26.7 Å². The SMILES string of the molecule is C=C(C)C(=O)Oc1ccc(-c2ccc(C(c3ccc(-c4ccc(OC(=O)C(=C)C)cc4)cc3)c3ccc(-c4ccc(OC(=O)C(=C)C)cc4)cc3)cc2)cc1. The molecule has 0 atom stereocenters. The third kappa shape index (κ3) is 9.31. The molecule has 0 amide bonds.